The fourth-order valence-corrected chi connectivity index (χ4v) is 3.17. The van der Waals surface area contributed by atoms with Crippen molar-refractivity contribution in [2.75, 3.05) is 0 Å². The smallest absolute Gasteiger partial charge is 0.343 e. The molecule has 0 amide bonds. The zero-order chi connectivity index (χ0) is 20.4. The van der Waals surface area contributed by atoms with Gasteiger partial charge >= 0.3 is 5.97 Å². The Kier molecular flexibility index (Phi) is 5.18. The lowest BCUT2D eigenvalue weighted by Crippen LogP contribution is -2.09. The first-order valence-electron chi connectivity index (χ1n) is 8.78. The summed E-state index contributed by atoms with van der Waals surface area (Å²) in [6.45, 7) is 1.90. The van der Waals surface area contributed by atoms with Crippen molar-refractivity contribution < 1.29 is 18.7 Å². The van der Waals surface area contributed by atoms with Crippen molar-refractivity contribution >= 4 is 32.9 Å². The third-order valence-corrected chi connectivity index (χ3v) is 4.89. The summed E-state index contributed by atoms with van der Waals surface area (Å²) in [6.07, 6.45) is 1.25. The molecule has 144 valence electrons. The first kappa shape index (κ1) is 19.0. The van der Waals surface area contributed by atoms with Gasteiger partial charge < -0.3 is 13.9 Å². The highest BCUT2D eigenvalue weighted by Gasteiger charge is 2.13. The van der Waals surface area contributed by atoms with Crippen molar-refractivity contribution in [1.29, 1.82) is 0 Å². The second-order valence-corrected chi connectivity index (χ2v) is 7.23. The van der Waals surface area contributed by atoms with Gasteiger partial charge in [-0.25, -0.2) is 4.79 Å². The van der Waals surface area contributed by atoms with Crippen molar-refractivity contribution in [3.8, 4) is 17.2 Å². The highest BCUT2D eigenvalue weighted by Crippen LogP contribution is 2.29. The number of para-hydroxylation sites is 1. The number of carbonyl (C=O) groups excluding carboxylic acids is 1. The minimum atomic E-state index is -0.482. The van der Waals surface area contributed by atoms with Gasteiger partial charge in [0, 0.05) is 6.07 Å². The van der Waals surface area contributed by atoms with Crippen LogP contribution in [0, 0.1) is 6.92 Å². The molecule has 6 heteroatoms. The zero-order valence-electron chi connectivity index (χ0n) is 15.3. The van der Waals surface area contributed by atoms with Crippen molar-refractivity contribution in [3.63, 3.8) is 0 Å². The first-order valence-corrected chi connectivity index (χ1v) is 9.57. The maximum Gasteiger partial charge on any atom is 0.343 e. The minimum Gasteiger partial charge on any atom is -0.460 e. The predicted molar refractivity (Wildman–Crippen MR) is 113 cm³/mol. The maximum atomic E-state index is 12.7. The molecule has 29 heavy (non-hydrogen) atoms. The van der Waals surface area contributed by atoms with Crippen LogP contribution in [-0.2, 0) is 0 Å². The molecule has 0 saturated heterocycles. The summed E-state index contributed by atoms with van der Waals surface area (Å²) in [6, 6.07) is 18.9. The summed E-state index contributed by atoms with van der Waals surface area (Å²) in [4.78, 5) is 25.0. The predicted octanol–water partition coefficient (Wildman–Crippen LogP) is 5.88. The molecule has 1 aromatic heterocycles. The third kappa shape index (κ3) is 4.07. The van der Waals surface area contributed by atoms with Crippen LogP contribution in [0.3, 0.4) is 0 Å². The van der Waals surface area contributed by atoms with Crippen LogP contribution in [0.25, 0.3) is 11.0 Å². The second-order valence-electron chi connectivity index (χ2n) is 6.38. The standard InChI is InChI=1S/C23H15BrO5/c1-14-5-4-6-15(11-14)23(26)28-16-9-10-17-20(12-16)27-13-21(22(17)25)29-19-8-3-2-7-18(19)24/h2-13H,1H3. The van der Waals surface area contributed by atoms with Gasteiger partial charge in [-0.15, -0.1) is 0 Å². The van der Waals surface area contributed by atoms with Crippen LogP contribution >= 0.6 is 15.9 Å². The molecule has 0 radical (unpaired) electrons. The lowest BCUT2D eigenvalue weighted by molar-refractivity contribution is 0.0735. The molecule has 0 fully saturated rings. The Morgan fingerprint density at radius 1 is 0.966 bits per heavy atom. The van der Waals surface area contributed by atoms with Gasteiger partial charge in [-0.2, -0.15) is 0 Å². The average Bonchev–Trinajstić information content (AvgIpc) is 2.71. The molecule has 0 N–H and O–H groups in total. The number of esters is 1. The van der Waals surface area contributed by atoms with E-state index >= 15 is 0 Å². The van der Waals surface area contributed by atoms with E-state index in [2.05, 4.69) is 15.9 Å². The monoisotopic (exact) mass is 450 g/mol. The largest absolute Gasteiger partial charge is 0.460 e. The number of benzene rings is 3. The van der Waals surface area contributed by atoms with E-state index in [9.17, 15) is 9.59 Å². The lowest BCUT2D eigenvalue weighted by atomic mass is 10.1. The molecular weight excluding hydrogens is 436 g/mol. The fourth-order valence-electron chi connectivity index (χ4n) is 2.81. The number of carbonyl (C=O) groups is 1. The third-order valence-electron chi connectivity index (χ3n) is 4.24. The van der Waals surface area contributed by atoms with E-state index < -0.39 is 5.97 Å². The van der Waals surface area contributed by atoms with E-state index in [1.165, 1.54) is 12.3 Å². The van der Waals surface area contributed by atoms with Crippen LogP contribution in [0.2, 0.25) is 0 Å². The zero-order valence-corrected chi connectivity index (χ0v) is 16.9. The molecule has 0 aliphatic rings. The number of ether oxygens (including phenoxy) is 2. The second kappa shape index (κ2) is 7.93. The van der Waals surface area contributed by atoms with E-state index in [1.54, 1.807) is 42.5 Å². The van der Waals surface area contributed by atoms with Crippen LogP contribution in [0.4, 0.5) is 0 Å². The highest BCUT2D eigenvalue weighted by molar-refractivity contribution is 9.10. The number of hydrogen-bond acceptors (Lipinski definition) is 5. The molecule has 5 nitrogen and oxygen atoms in total. The van der Waals surface area contributed by atoms with Gasteiger partial charge in [0.05, 0.1) is 15.4 Å². The molecule has 4 aromatic rings. The van der Waals surface area contributed by atoms with Gasteiger partial charge in [0.25, 0.3) is 0 Å². The lowest BCUT2D eigenvalue weighted by Gasteiger charge is -2.08. The van der Waals surface area contributed by atoms with Crippen molar-refractivity contribution in [2.45, 2.75) is 6.92 Å². The Balaban J connectivity index is 1.61. The van der Waals surface area contributed by atoms with E-state index in [-0.39, 0.29) is 16.9 Å². The summed E-state index contributed by atoms with van der Waals surface area (Å²) >= 11 is 3.38. The Bertz CT molecular complexity index is 1280. The quantitative estimate of drug-likeness (QED) is 0.287. The van der Waals surface area contributed by atoms with Crippen LogP contribution < -0.4 is 14.9 Å². The van der Waals surface area contributed by atoms with Crippen LogP contribution in [-0.4, -0.2) is 5.97 Å². The summed E-state index contributed by atoms with van der Waals surface area (Å²) < 4.78 is 17.4. The topological polar surface area (TPSA) is 65.7 Å². The van der Waals surface area contributed by atoms with Gasteiger partial charge in [0.15, 0.2) is 0 Å². The summed E-state index contributed by atoms with van der Waals surface area (Å²) in [5.41, 5.74) is 1.38. The summed E-state index contributed by atoms with van der Waals surface area (Å²) in [5.74, 6) is 0.368. The molecule has 0 aliphatic heterocycles. The molecule has 0 atom stereocenters. The maximum absolute atomic E-state index is 12.7. The molecule has 0 saturated carbocycles. The van der Waals surface area contributed by atoms with Crippen molar-refractivity contribution in [3.05, 3.63) is 98.8 Å². The van der Waals surface area contributed by atoms with Crippen molar-refractivity contribution in [2.24, 2.45) is 0 Å². The van der Waals surface area contributed by atoms with E-state index in [0.717, 1.165) is 10.0 Å². The Hall–Kier alpha value is -3.38. The normalized spacial score (nSPS) is 10.7. The molecule has 3 aromatic carbocycles. The number of aryl methyl sites for hydroxylation is 1. The molecule has 0 unspecified atom stereocenters. The molecule has 0 aliphatic carbocycles. The van der Waals surface area contributed by atoms with E-state index in [4.69, 9.17) is 13.9 Å². The van der Waals surface area contributed by atoms with Gasteiger partial charge in [0.1, 0.15) is 23.3 Å². The molecule has 1 heterocycles. The van der Waals surface area contributed by atoms with Gasteiger partial charge in [0.2, 0.25) is 11.2 Å². The van der Waals surface area contributed by atoms with E-state index in [1.807, 2.05) is 25.1 Å². The Labute approximate surface area is 174 Å². The first-order chi connectivity index (χ1) is 14.0. The van der Waals surface area contributed by atoms with E-state index in [0.29, 0.717) is 22.3 Å². The average molecular weight is 451 g/mol. The number of fused-ring (bicyclic) bond motifs is 1. The van der Waals surface area contributed by atoms with Gasteiger partial charge in [-0.1, -0.05) is 29.8 Å². The minimum absolute atomic E-state index is 0.0638. The summed E-state index contributed by atoms with van der Waals surface area (Å²) in [7, 11) is 0. The SMILES string of the molecule is Cc1cccc(C(=O)Oc2ccc3c(=O)c(Oc4ccccc4Br)coc3c2)c1. The number of rotatable bonds is 4. The Morgan fingerprint density at radius 3 is 2.59 bits per heavy atom. The Morgan fingerprint density at radius 2 is 1.79 bits per heavy atom. The molecule has 0 spiro atoms. The molecule has 0 bridgehead atoms. The fraction of sp³-hybridized carbons (Fsp3) is 0.0435. The van der Waals surface area contributed by atoms with Gasteiger partial charge in [-0.3, -0.25) is 4.79 Å². The van der Waals surface area contributed by atoms with Crippen LogP contribution in [0.1, 0.15) is 15.9 Å². The number of halogens is 1. The highest BCUT2D eigenvalue weighted by atomic mass is 79.9. The molecule has 4 rings (SSSR count). The van der Waals surface area contributed by atoms with Gasteiger partial charge in [-0.05, 0) is 59.3 Å². The van der Waals surface area contributed by atoms with Crippen LogP contribution in [0.5, 0.6) is 17.2 Å². The number of hydrogen-bond donors (Lipinski definition) is 0. The molecular formula is C23H15BrO5. The van der Waals surface area contributed by atoms with Crippen molar-refractivity contribution in [1.82, 2.24) is 0 Å². The van der Waals surface area contributed by atoms with Crippen LogP contribution in [0.15, 0.2) is 86.7 Å². The summed E-state index contributed by atoms with van der Waals surface area (Å²) in [5, 5.41) is 0.324.